The second-order valence-electron chi connectivity index (χ2n) is 6.40. The number of fused-ring (bicyclic) bond motifs is 1. The Morgan fingerprint density at radius 1 is 1.06 bits per heavy atom. The van der Waals surface area contributed by atoms with Gasteiger partial charge in [-0.1, -0.05) is 18.2 Å². The van der Waals surface area contributed by atoms with Crippen LogP contribution < -0.4 is 25.2 Å². The maximum atomic E-state index is 12.7. The Morgan fingerprint density at radius 3 is 2.61 bits per heavy atom. The highest BCUT2D eigenvalue weighted by Gasteiger charge is 2.16. The maximum absolute atomic E-state index is 12.7. The van der Waals surface area contributed by atoms with Crippen molar-refractivity contribution in [2.45, 2.75) is 6.54 Å². The zero-order valence-corrected chi connectivity index (χ0v) is 16.8. The van der Waals surface area contributed by atoms with Crippen molar-refractivity contribution in [1.29, 1.82) is 0 Å². The molecule has 0 aliphatic heterocycles. The SMILES string of the molecule is COc1ccc(NC(=O)Cn2nc3c(Oc4ccccc4)nccn3c2=O)c(OC)c1. The molecule has 4 rings (SSSR count). The average molecular weight is 421 g/mol. The Morgan fingerprint density at radius 2 is 1.87 bits per heavy atom. The molecule has 0 atom stereocenters. The highest BCUT2D eigenvalue weighted by molar-refractivity contribution is 5.92. The summed E-state index contributed by atoms with van der Waals surface area (Å²) in [5, 5.41) is 6.94. The van der Waals surface area contributed by atoms with E-state index in [1.807, 2.05) is 18.2 Å². The summed E-state index contributed by atoms with van der Waals surface area (Å²) in [6.07, 6.45) is 2.89. The molecule has 2 heterocycles. The number of amides is 1. The minimum atomic E-state index is -0.493. The van der Waals surface area contributed by atoms with Crippen molar-refractivity contribution < 1.29 is 19.0 Å². The van der Waals surface area contributed by atoms with Crippen molar-refractivity contribution in [2.24, 2.45) is 0 Å². The van der Waals surface area contributed by atoms with E-state index < -0.39 is 11.6 Å². The number of carbonyl (C=O) groups excluding carboxylic acids is 1. The van der Waals surface area contributed by atoms with Gasteiger partial charge in [0.15, 0.2) is 0 Å². The minimum Gasteiger partial charge on any atom is -0.497 e. The number of nitrogens with zero attached hydrogens (tertiary/aromatic N) is 4. The second kappa shape index (κ2) is 8.57. The molecule has 0 radical (unpaired) electrons. The van der Waals surface area contributed by atoms with Crippen LogP contribution in [0.15, 0.2) is 65.7 Å². The first kappa shape index (κ1) is 20.0. The number of rotatable bonds is 7. The lowest BCUT2D eigenvalue weighted by Gasteiger charge is -2.11. The van der Waals surface area contributed by atoms with E-state index in [4.69, 9.17) is 14.2 Å². The number of anilines is 1. The van der Waals surface area contributed by atoms with Crippen molar-refractivity contribution >= 4 is 17.2 Å². The minimum absolute atomic E-state index is 0.154. The van der Waals surface area contributed by atoms with Crippen LogP contribution in [-0.4, -0.2) is 39.3 Å². The molecule has 1 N–H and O–H groups in total. The molecule has 2 aromatic heterocycles. The third kappa shape index (κ3) is 4.17. The van der Waals surface area contributed by atoms with E-state index in [1.54, 1.807) is 30.3 Å². The first-order valence-corrected chi connectivity index (χ1v) is 9.28. The van der Waals surface area contributed by atoms with E-state index in [0.717, 1.165) is 4.68 Å². The van der Waals surface area contributed by atoms with Gasteiger partial charge in [0.05, 0.1) is 19.9 Å². The van der Waals surface area contributed by atoms with Gasteiger partial charge in [-0.25, -0.2) is 18.9 Å². The monoisotopic (exact) mass is 421 g/mol. The number of hydrogen-bond donors (Lipinski definition) is 1. The van der Waals surface area contributed by atoms with Crippen LogP contribution in [-0.2, 0) is 11.3 Å². The van der Waals surface area contributed by atoms with E-state index >= 15 is 0 Å². The lowest BCUT2D eigenvalue weighted by Crippen LogP contribution is -2.28. The first-order chi connectivity index (χ1) is 15.1. The molecular formula is C21H19N5O5. The van der Waals surface area contributed by atoms with Crippen molar-refractivity contribution in [3.05, 3.63) is 71.4 Å². The third-order valence-electron chi connectivity index (χ3n) is 4.40. The fraction of sp³-hybridized carbons (Fsp3) is 0.143. The fourth-order valence-electron chi connectivity index (χ4n) is 2.93. The van der Waals surface area contributed by atoms with Gasteiger partial charge in [0.1, 0.15) is 23.8 Å². The van der Waals surface area contributed by atoms with Crippen molar-refractivity contribution in [1.82, 2.24) is 19.2 Å². The standard InChI is InChI=1S/C21H19N5O5/c1-29-15-8-9-16(17(12-15)30-2)23-18(27)13-26-21(28)25-11-10-22-20(19(25)24-26)31-14-6-4-3-5-7-14/h3-12H,13H2,1-2H3,(H,23,27). The Kier molecular flexibility index (Phi) is 5.52. The van der Waals surface area contributed by atoms with E-state index in [9.17, 15) is 9.59 Å². The van der Waals surface area contributed by atoms with Gasteiger partial charge in [-0.15, -0.1) is 5.10 Å². The van der Waals surface area contributed by atoms with E-state index in [2.05, 4.69) is 15.4 Å². The van der Waals surface area contributed by atoms with Gasteiger partial charge in [0.25, 0.3) is 5.88 Å². The smallest absolute Gasteiger partial charge is 0.351 e. The first-order valence-electron chi connectivity index (χ1n) is 9.28. The van der Waals surface area contributed by atoms with Crippen molar-refractivity contribution in [3.8, 4) is 23.1 Å². The van der Waals surface area contributed by atoms with E-state index in [-0.39, 0.29) is 18.1 Å². The molecule has 10 nitrogen and oxygen atoms in total. The fourth-order valence-corrected chi connectivity index (χ4v) is 2.93. The Balaban J connectivity index is 1.58. The van der Waals surface area contributed by atoms with Gasteiger partial charge in [0, 0.05) is 18.5 Å². The van der Waals surface area contributed by atoms with Gasteiger partial charge in [0.2, 0.25) is 11.6 Å². The largest absolute Gasteiger partial charge is 0.497 e. The van der Waals surface area contributed by atoms with Crippen molar-refractivity contribution in [3.63, 3.8) is 0 Å². The number of carbonyl (C=O) groups is 1. The number of benzene rings is 2. The average Bonchev–Trinajstić information content (AvgIpc) is 3.11. The van der Waals surface area contributed by atoms with Crippen LogP contribution in [0, 0.1) is 0 Å². The molecule has 0 aliphatic carbocycles. The molecule has 0 unspecified atom stereocenters. The zero-order valence-electron chi connectivity index (χ0n) is 16.8. The van der Waals surface area contributed by atoms with E-state index in [0.29, 0.717) is 22.9 Å². The topological polar surface area (TPSA) is 109 Å². The van der Waals surface area contributed by atoms with Crippen LogP contribution in [0.25, 0.3) is 5.65 Å². The molecule has 158 valence electrons. The van der Waals surface area contributed by atoms with Crippen LogP contribution in [0.2, 0.25) is 0 Å². The maximum Gasteiger partial charge on any atom is 0.351 e. The highest BCUT2D eigenvalue weighted by Crippen LogP contribution is 2.29. The molecule has 0 saturated carbocycles. The molecule has 2 aromatic carbocycles. The summed E-state index contributed by atoms with van der Waals surface area (Å²) in [7, 11) is 3.02. The van der Waals surface area contributed by atoms with Crippen LogP contribution in [0.3, 0.4) is 0 Å². The number of nitrogens with one attached hydrogen (secondary N) is 1. The molecule has 10 heteroatoms. The molecule has 0 aliphatic rings. The van der Waals surface area contributed by atoms with Gasteiger partial charge >= 0.3 is 5.69 Å². The summed E-state index contributed by atoms with van der Waals surface area (Å²) in [5.74, 6) is 1.27. The number of hydrogen-bond acceptors (Lipinski definition) is 7. The number of ether oxygens (including phenoxy) is 3. The summed E-state index contributed by atoms with van der Waals surface area (Å²) in [6.45, 7) is -0.305. The van der Waals surface area contributed by atoms with Crippen LogP contribution in [0.5, 0.6) is 23.1 Å². The molecule has 0 saturated heterocycles. The molecule has 1 amide bonds. The highest BCUT2D eigenvalue weighted by atomic mass is 16.5. The third-order valence-corrected chi connectivity index (χ3v) is 4.40. The predicted octanol–water partition coefficient (Wildman–Crippen LogP) is 2.34. The van der Waals surface area contributed by atoms with Gasteiger partial charge < -0.3 is 19.5 Å². The van der Waals surface area contributed by atoms with Gasteiger partial charge in [-0.05, 0) is 24.3 Å². The zero-order chi connectivity index (χ0) is 21.8. The summed E-state index contributed by atoms with van der Waals surface area (Å²) in [4.78, 5) is 29.4. The van der Waals surface area contributed by atoms with Crippen LogP contribution in [0.1, 0.15) is 0 Å². The Bertz CT molecular complexity index is 1280. The van der Waals surface area contributed by atoms with E-state index in [1.165, 1.54) is 31.0 Å². The normalized spacial score (nSPS) is 10.6. The van der Waals surface area contributed by atoms with Gasteiger partial charge in [-0.3, -0.25) is 4.79 Å². The molecule has 0 fully saturated rings. The lowest BCUT2D eigenvalue weighted by atomic mass is 10.2. The molecule has 0 spiro atoms. The quantitative estimate of drug-likeness (QED) is 0.488. The number of para-hydroxylation sites is 1. The molecule has 31 heavy (non-hydrogen) atoms. The molecular weight excluding hydrogens is 402 g/mol. The van der Waals surface area contributed by atoms with Crippen LogP contribution in [0.4, 0.5) is 5.69 Å². The molecule has 0 bridgehead atoms. The summed E-state index contributed by atoms with van der Waals surface area (Å²) < 4.78 is 18.5. The predicted molar refractivity (Wildman–Crippen MR) is 112 cm³/mol. The van der Waals surface area contributed by atoms with Crippen molar-refractivity contribution in [2.75, 3.05) is 19.5 Å². The second-order valence-corrected chi connectivity index (χ2v) is 6.40. The lowest BCUT2D eigenvalue weighted by molar-refractivity contribution is -0.117. The summed E-state index contributed by atoms with van der Waals surface area (Å²) in [6, 6.07) is 14.0. The van der Waals surface area contributed by atoms with Gasteiger partial charge in [-0.2, -0.15) is 0 Å². The molecule has 4 aromatic rings. The summed E-state index contributed by atoms with van der Waals surface area (Å²) >= 11 is 0. The Hall–Kier alpha value is -4.34. The van der Waals surface area contributed by atoms with Crippen LogP contribution >= 0.6 is 0 Å². The summed E-state index contributed by atoms with van der Waals surface area (Å²) in [5.41, 5.74) is 0.151. The number of methoxy groups -OCH3 is 2. The number of aromatic nitrogens is 4. The Labute approximate surface area is 176 Å².